The van der Waals surface area contributed by atoms with Crippen LogP contribution in [0.3, 0.4) is 0 Å². The highest BCUT2D eigenvalue weighted by Crippen LogP contribution is 2.33. The summed E-state index contributed by atoms with van der Waals surface area (Å²) < 4.78 is 0. The van der Waals surface area contributed by atoms with Crippen LogP contribution in [0.15, 0.2) is 66.7 Å². The SMILES string of the molecule is CN[C@@H](C)C(=O)N[C@@H](CCCCCC(=O)c1cc(O)cc(C(=O)CCCCC[C@H](NC(=O)[C@H](C)NC)C(=O)N2CCC[C@H]2C(=O)N[C@@H]2CCCc3ccccc32)c1)C(=O)N1CCC[C@H]1C(=O)N[C@@H]1CCCc2ccccc21.Cl.Cl. The minimum absolute atomic E-state index is 0. The Morgan fingerprint density at radius 1 is 0.544 bits per heavy atom. The van der Waals surface area contributed by atoms with Crippen LogP contribution < -0.4 is 31.9 Å². The van der Waals surface area contributed by atoms with E-state index in [0.29, 0.717) is 90.1 Å². The molecule has 0 unspecified atom stereocenters. The molecular weight excluding hydrogens is 1050 g/mol. The molecule has 3 aromatic rings. The summed E-state index contributed by atoms with van der Waals surface area (Å²) in [5, 5.41) is 28.8. The smallest absolute Gasteiger partial charge is 0.245 e. The van der Waals surface area contributed by atoms with Gasteiger partial charge < -0.3 is 46.8 Å². The largest absolute Gasteiger partial charge is 0.508 e. The maximum Gasteiger partial charge on any atom is 0.245 e. The van der Waals surface area contributed by atoms with Crippen molar-refractivity contribution < 1.29 is 43.5 Å². The molecular formula is C60H84Cl2N8O9. The van der Waals surface area contributed by atoms with E-state index < -0.39 is 36.3 Å². The number of likely N-dealkylation sites (N-methyl/N-ethyl adjacent to an activating group) is 2. The summed E-state index contributed by atoms with van der Waals surface area (Å²) in [5.41, 5.74) is 5.13. The zero-order valence-electron chi connectivity index (χ0n) is 46.5. The Morgan fingerprint density at radius 2 is 0.949 bits per heavy atom. The number of likely N-dealkylation sites (tertiary alicyclic amines) is 2. The summed E-state index contributed by atoms with van der Waals surface area (Å²) in [6, 6.07) is 16.2. The molecule has 7 rings (SSSR count). The minimum atomic E-state index is -0.859. The van der Waals surface area contributed by atoms with E-state index in [-0.39, 0.29) is 114 Å². The fourth-order valence-corrected chi connectivity index (χ4v) is 11.6. The average Bonchev–Trinajstić information content (AvgIpc) is 4.18. The van der Waals surface area contributed by atoms with Gasteiger partial charge in [0.1, 0.15) is 29.9 Å². The molecule has 2 aliphatic carbocycles. The number of hydrogen-bond acceptors (Lipinski definition) is 11. The maximum atomic E-state index is 14.2. The van der Waals surface area contributed by atoms with Gasteiger partial charge in [-0.05, 0) is 158 Å². The Kier molecular flexibility index (Phi) is 25.3. The number of carbonyl (C=O) groups excluding carboxylic acids is 8. The maximum absolute atomic E-state index is 14.2. The van der Waals surface area contributed by atoms with Gasteiger partial charge in [-0.1, -0.05) is 74.2 Å². The van der Waals surface area contributed by atoms with E-state index in [9.17, 15) is 43.5 Å². The lowest BCUT2D eigenvalue weighted by Crippen LogP contribution is -2.55. The van der Waals surface area contributed by atoms with Crippen LogP contribution >= 0.6 is 24.8 Å². The van der Waals surface area contributed by atoms with E-state index in [1.807, 2.05) is 24.3 Å². The molecule has 79 heavy (non-hydrogen) atoms. The number of aryl methyl sites for hydroxylation is 2. The topological polar surface area (TPSA) is 235 Å². The van der Waals surface area contributed by atoms with E-state index in [1.165, 1.54) is 29.3 Å². The number of ketones is 2. The van der Waals surface area contributed by atoms with Crippen molar-refractivity contribution in [2.45, 2.75) is 191 Å². The zero-order valence-corrected chi connectivity index (χ0v) is 48.1. The lowest BCUT2D eigenvalue weighted by atomic mass is 9.87. The van der Waals surface area contributed by atoms with Crippen LogP contribution in [0, 0.1) is 0 Å². The van der Waals surface area contributed by atoms with Gasteiger partial charge in [0.2, 0.25) is 35.4 Å². The molecule has 7 N–H and O–H groups in total. The summed E-state index contributed by atoms with van der Waals surface area (Å²) in [4.78, 5) is 112. The minimum Gasteiger partial charge on any atom is -0.508 e. The van der Waals surface area contributed by atoms with Crippen LogP contribution in [0.4, 0.5) is 0 Å². The van der Waals surface area contributed by atoms with Crippen LogP contribution in [0.1, 0.15) is 184 Å². The number of phenolic OH excluding ortho intramolecular Hbond substituents is 1. The third-order valence-electron chi connectivity index (χ3n) is 16.3. The molecule has 432 valence electrons. The molecule has 3 aromatic carbocycles. The van der Waals surface area contributed by atoms with Crippen LogP contribution in [-0.4, -0.2) is 125 Å². The summed E-state index contributed by atoms with van der Waals surface area (Å²) in [7, 11) is 3.33. The van der Waals surface area contributed by atoms with E-state index in [2.05, 4.69) is 56.2 Å². The first-order chi connectivity index (χ1) is 37.2. The Hall–Kier alpha value is -5.88. The number of fused-ring (bicyclic) bond motifs is 2. The van der Waals surface area contributed by atoms with Gasteiger partial charge in [0.25, 0.3) is 0 Å². The number of rotatable bonds is 26. The van der Waals surface area contributed by atoms with Crippen molar-refractivity contribution in [2.75, 3.05) is 27.2 Å². The van der Waals surface area contributed by atoms with Crippen molar-refractivity contribution in [3.05, 3.63) is 100 Å². The van der Waals surface area contributed by atoms with E-state index in [1.54, 1.807) is 37.7 Å². The van der Waals surface area contributed by atoms with E-state index in [4.69, 9.17) is 0 Å². The number of halogens is 2. The molecule has 2 saturated heterocycles. The van der Waals surface area contributed by atoms with Crippen molar-refractivity contribution in [3.63, 3.8) is 0 Å². The summed E-state index contributed by atoms with van der Waals surface area (Å²) in [5.74, 6) is -2.30. The van der Waals surface area contributed by atoms with Crippen LogP contribution in [0.25, 0.3) is 0 Å². The number of phenols is 1. The first-order valence-electron chi connectivity index (χ1n) is 28.4. The fourth-order valence-electron chi connectivity index (χ4n) is 11.6. The van der Waals surface area contributed by atoms with Crippen LogP contribution in [0.2, 0.25) is 0 Å². The zero-order chi connectivity index (χ0) is 55.0. The van der Waals surface area contributed by atoms with Gasteiger partial charge >= 0.3 is 0 Å². The monoisotopic (exact) mass is 1130 g/mol. The molecule has 19 heteroatoms. The van der Waals surface area contributed by atoms with E-state index in [0.717, 1.165) is 49.7 Å². The number of benzene rings is 3. The number of hydrogen-bond donors (Lipinski definition) is 7. The molecule has 6 amide bonds. The number of amides is 6. The standard InChI is InChI=1S/C60H82N8O9.2ClH/c1-38(61-3)55(72)65-49(59(76)67-33-17-29-51(67)57(74)63-47-27-15-21-40-19-11-13-23-45(40)47)25-7-5-9-31-53(70)42-35-43(37-44(69)36-42)54(71)32-10-6-8-26-50(66-56(73)39(2)62-4)60(77)68-34-18-30-52(68)58(75)64-48-28-16-22-41-20-12-14-24-46(41)48;;/h11-14,19-20,23-24,35-39,47-52,61-62,69H,5-10,15-18,21-22,25-34H2,1-4H3,(H,63,74)(H,64,75)(H,65,72)(H,66,73);2*1H/t38-,39-,47+,48+,49-,50-,51-,52-;;/m0../s1. The average molecular weight is 1130 g/mol. The van der Waals surface area contributed by atoms with Crippen molar-refractivity contribution in [2.24, 2.45) is 0 Å². The number of aromatic hydroxyl groups is 1. The summed E-state index contributed by atoms with van der Waals surface area (Å²) in [6.45, 7) is 4.24. The van der Waals surface area contributed by atoms with Gasteiger partial charge in [0, 0.05) is 37.1 Å². The number of Topliss-reactive ketones (excluding diaryl/α,β-unsaturated/α-hetero) is 2. The highest BCUT2D eigenvalue weighted by Gasteiger charge is 2.41. The highest BCUT2D eigenvalue weighted by molar-refractivity contribution is 6.02. The number of carbonyl (C=O) groups is 8. The Labute approximate surface area is 478 Å². The first kappa shape index (κ1) is 63.9. The second-order valence-corrected chi connectivity index (χ2v) is 21.6. The van der Waals surface area contributed by atoms with Gasteiger partial charge in [0.05, 0.1) is 24.2 Å². The van der Waals surface area contributed by atoms with Crippen LogP contribution in [-0.2, 0) is 41.6 Å². The van der Waals surface area contributed by atoms with Crippen molar-refractivity contribution in [1.29, 1.82) is 0 Å². The fraction of sp³-hybridized carbons (Fsp3) is 0.567. The predicted molar refractivity (Wildman–Crippen MR) is 308 cm³/mol. The van der Waals surface area contributed by atoms with Gasteiger partial charge in [-0.3, -0.25) is 38.4 Å². The van der Waals surface area contributed by atoms with Crippen molar-refractivity contribution in [1.82, 2.24) is 41.7 Å². The Bertz CT molecular complexity index is 2430. The number of nitrogens with zero attached hydrogens (tertiary/aromatic N) is 2. The molecule has 2 heterocycles. The molecule has 2 aliphatic heterocycles. The molecule has 0 aromatic heterocycles. The molecule has 4 aliphatic rings. The van der Waals surface area contributed by atoms with Gasteiger partial charge in [-0.15, -0.1) is 24.8 Å². The number of nitrogens with one attached hydrogen (secondary N) is 6. The summed E-state index contributed by atoms with van der Waals surface area (Å²) >= 11 is 0. The first-order valence-corrected chi connectivity index (χ1v) is 28.4. The lowest BCUT2D eigenvalue weighted by Gasteiger charge is -2.32. The van der Waals surface area contributed by atoms with Crippen molar-refractivity contribution >= 4 is 71.8 Å². The second kappa shape index (κ2) is 31.2. The molecule has 8 atom stereocenters. The molecule has 17 nitrogen and oxygen atoms in total. The number of unbranched alkanes of at least 4 members (excludes halogenated alkanes) is 4. The quantitative estimate of drug-likeness (QED) is 0.0318. The molecule has 2 fully saturated rings. The highest BCUT2D eigenvalue weighted by atomic mass is 35.5. The van der Waals surface area contributed by atoms with Crippen LogP contribution in [0.5, 0.6) is 5.75 Å². The molecule has 0 bridgehead atoms. The summed E-state index contributed by atoms with van der Waals surface area (Å²) in [6.07, 6.45) is 12.0. The van der Waals surface area contributed by atoms with Gasteiger partial charge in [0.15, 0.2) is 11.6 Å². The molecule has 0 spiro atoms. The van der Waals surface area contributed by atoms with Gasteiger partial charge in [-0.2, -0.15) is 0 Å². The normalized spacial score (nSPS) is 19.9. The Balaban J connectivity index is 0.00000574. The lowest BCUT2D eigenvalue weighted by molar-refractivity contribution is -0.142. The predicted octanol–water partition coefficient (Wildman–Crippen LogP) is 7.06. The third-order valence-corrected chi connectivity index (χ3v) is 16.3. The Morgan fingerprint density at radius 3 is 1.35 bits per heavy atom. The molecule has 0 saturated carbocycles. The second-order valence-electron chi connectivity index (χ2n) is 21.6. The van der Waals surface area contributed by atoms with Crippen molar-refractivity contribution in [3.8, 4) is 5.75 Å². The van der Waals surface area contributed by atoms with Gasteiger partial charge in [-0.25, -0.2) is 0 Å². The molecule has 0 radical (unpaired) electrons. The van der Waals surface area contributed by atoms with E-state index >= 15 is 0 Å². The third kappa shape index (κ3) is 17.1.